The molecule has 3 aromatic carbocycles. The van der Waals surface area contributed by atoms with Crippen molar-refractivity contribution in [2.75, 3.05) is 12.3 Å². The van der Waals surface area contributed by atoms with E-state index < -0.39 is 23.5 Å². The van der Waals surface area contributed by atoms with Gasteiger partial charge in [0.05, 0.1) is 6.54 Å². The number of nitrogens with one attached hydrogen (secondary N) is 1. The van der Waals surface area contributed by atoms with Gasteiger partial charge < -0.3 is 15.8 Å². The van der Waals surface area contributed by atoms with Gasteiger partial charge in [-0.05, 0) is 24.0 Å². The molecule has 0 aliphatic carbocycles. The fourth-order valence-electron chi connectivity index (χ4n) is 4.01. The van der Waals surface area contributed by atoms with E-state index in [1.165, 1.54) is 5.56 Å². The molecular weight excluding hydrogens is 480 g/mol. The van der Waals surface area contributed by atoms with Gasteiger partial charge in [0, 0.05) is 27.5 Å². The van der Waals surface area contributed by atoms with E-state index in [1.54, 1.807) is 6.07 Å². The minimum atomic E-state index is -1.36. The normalized spacial score (nSPS) is 14.4. The summed E-state index contributed by atoms with van der Waals surface area (Å²) >= 11 is 11.0. The highest BCUT2D eigenvalue weighted by Crippen LogP contribution is 2.44. The molecular formula is C28H31ClN2O3S. The number of hydrogen-bond acceptors (Lipinski definition) is 5. The molecule has 0 aliphatic rings. The number of thiol groups is 1. The predicted octanol–water partition coefficient (Wildman–Crippen LogP) is 5.06. The summed E-state index contributed by atoms with van der Waals surface area (Å²) in [7, 11) is 0. The number of nitrogens with two attached hydrogens (primary N) is 1. The molecule has 1 amide bonds. The first-order chi connectivity index (χ1) is 16.9. The zero-order valence-corrected chi connectivity index (χ0v) is 21.6. The maximum absolute atomic E-state index is 13.5. The zero-order chi connectivity index (χ0) is 25.4. The molecule has 0 saturated heterocycles. The van der Waals surface area contributed by atoms with Crippen LogP contribution in [0.5, 0.6) is 0 Å². The number of esters is 1. The lowest BCUT2D eigenvalue weighted by Crippen LogP contribution is -2.48. The Kier molecular flexibility index (Phi) is 9.38. The van der Waals surface area contributed by atoms with E-state index in [0.717, 1.165) is 17.5 Å². The summed E-state index contributed by atoms with van der Waals surface area (Å²) in [5, 5.41) is 3.04. The largest absolute Gasteiger partial charge is 0.443 e. The Morgan fingerprint density at radius 3 is 2.17 bits per heavy atom. The third-order valence-electron chi connectivity index (χ3n) is 6.17. The summed E-state index contributed by atoms with van der Waals surface area (Å²) < 4.78 is 6.37. The van der Waals surface area contributed by atoms with Crippen LogP contribution in [0.2, 0.25) is 5.02 Å². The highest BCUT2D eigenvalue weighted by Gasteiger charge is 2.43. The van der Waals surface area contributed by atoms with Crippen molar-refractivity contribution in [1.29, 1.82) is 0 Å². The number of rotatable bonds is 10. The molecule has 184 valence electrons. The minimum Gasteiger partial charge on any atom is -0.443 e. The van der Waals surface area contributed by atoms with E-state index in [9.17, 15) is 9.59 Å². The zero-order valence-electron chi connectivity index (χ0n) is 19.9. The second-order valence-electron chi connectivity index (χ2n) is 8.39. The Labute approximate surface area is 217 Å². The van der Waals surface area contributed by atoms with Gasteiger partial charge >= 0.3 is 5.97 Å². The first-order valence-electron chi connectivity index (χ1n) is 11.6. The molecule has 0 aromatic heterocycles. The van der Waals surface area contributed by atoms with Crippen molar-refractivity contribution >= 4 is 36.1 Å². The smallest absolute Gasteiger partial charge is 0.331 e. The van der Waals surface area contributed by atoms with Gasteiger partial charge in [-0.3, -0.25) is 4.79 Å². The molecule has 5 nitrogen and oxygen atoms in total. The number of benzene rings is 3. The summed E-state index contributed by atoms with van der Waals surface area (Å²) in [6.07, 6.45) is 1.01. The quantitative estimate of drug-likeness (QED) is 0.202. The van der Waals surface area contributed by atoms with Crippen LogP contribution < -0.4 is 11.1 Å². The second kappa shape index (κ2) is 12.2. The van der Waals surface area contributed by atoms with Crippen molar-refractivity contribution < 1.29 is 14.3 Å². The number of halogens is 1. The van der Waals surface area contributed by atoms with E-state index in [-0.39, 0.29) is 12.3 Å². The van der Waals surface area contributed by atoms with E-state index in [0.29, 0.717) is 16.5 Å². The maximum atomic E-state index is 13.5. The van der Waals surface area contributed by atoms with Gasteiger partial charge in [-0.2, -0.15) is 12.6 Å². The lowest BCUT2D eigenvalue weighted by molar-refractivity contribution is -0.156. The lowest BCUT2D eigenvalue weighted by Gasteiger charge is -2.37. The highest BCUT2D eigenvalue weighted by atomic mass is 35.5. The van der Waals surface area contributed by atoms with Gasteiger partial charge in [0.15, 0.2) is 5.60 Å². The third kappa shape index (κ3) is 5.89. The number of ether oxygens (including phenoxy) is 1. The number of carbonyl (C=O) groups is 2. The average Bonchev–Trinajstić information content (AvgIpc) is 2.90. The van der Waals surface area contributed by atoms with Crippen molar-refractivity contribution in [3.8, 4) is 0 Å². The maximum Gasteiger partial charge on any atom is 0.331 e. The van der Waals surface area contributed by atoms with Crippen molar-refractivity contribution in [2.45, 2.75) is 37.8 Å². The van der Waals surface area contributed by atoms with Crippen LogP contribution >= 0.6 is 24.2 Å². The average molecular weight is 511 g/mol. The first kappa shape index (κ1) is 26.8. The molecule has 3 unspecified atom stereocenters. The lowest BCUT2D eigenvalue weighted by atomic mass is 9.79. The van der Waals surface area contributed by atoms with Crippen LogP contribution in [0, 0.1) is 0 Å². The molecule has 3 aromatic rings. The molecule has 3 N–H and O–H groups in total. The molecule has 0 heterocycles. The topological polar surface area (TPSA) is 81.4 Å². The van der Waals surface area contributed by atoms with E-state index in [1.807, 2.05) is 60.7 Å². The van der Waals surface area contributed by atoms with Gasteiger partial charge in [0.1, 0.15) is 6.04 Å². The second-order valence-corrected chi connectivity index (χ2v) is 9.16. The van der Waals surface area contributed by atoms with Crippen molar-refractivity contribution in [2.24, 2.45) is 5.73 Å². The summed E-state index contributed by atoms with van der Waals surface area (Å²) in [6.45, 7) is 4.07. The SMILES string of the molecule is CCC(C)c1ccc(C(OC(=O)C(CS)NC(=O)CN)(c2ccccc2)c2ccccc2Cl)cc1. The molecule has 35 heavy (non-hydrogen) atoms. The van der Waals surface area contributed by atoms with Crippen LogP contribution in [-0.4, -0.2) is 30.2 Å². The summed E-state index contributed by atoms with van der Waals surface area (Å²) in [4.78, 5) is 25.5. The Balaban J connectivity index is 2.24. The minimum absolute atomic E-state index is 0.0465. The fourth-order valence-corrected chi connectivity index (χ4v) is 4.52. The Hall–Kier alpha value is -2.80. The molecule has 0 spiro atoms. The van der Waals surface area contributed by atoms with Gasteiger partial charge in [0.25, 0.3) is 0 Å². The molecule has 3 rings (SSSR count). The van der Waals surface area contributed by atoms with Gasteiger partial charge in [-0.1, -0.05) is 98.2 Å². The van der Waals surface area contributed by atoms with Crippen LogP contribution in [0.4, 0.5) is 0 Å². The van der Waals surface area contributed by atoms with Crippen LogP contribution in [0.1, 0.15) is 48.4 Å². The summed E-state index contributed by atoms with van der Waals surface area (Å²) in [5.41, 5.74) is 7.34. The number of hydrogen-bond donors (Lipinski definition) is 3. The van der Waals surface area contributed by atoms with E-state index >= 15 is 0 Å². The van der Waals surface area contributed by atoms with Crippen LogP contribution in [0.3, 0.4) is 0 Å². The first-order valence-corrected chi connectivity index (χ1v) is 12.6. The van der Waals surface area contributed by atoms with Crippen LogP contribution in [0.25, 0.3) is 0 Å². The molecule has 0 fully saturated rings. The van der Waals surface area contributed by atoms with Crippen LogP contribution in [0.15, 0.2) is 78.9 Å². The Bertz CT molecular complexity index is 1140. The van der Waals surface area contributed by atoms with Crippen LogP contribution in [-0.2, 0) is 19.9 Å². The molecule has 0 aliphatic heterocycles. The molecule has 0 radical (unpaired) electrons. The van der Waals surface area contributed by atoms with E-state index in [2.05, 4.69) is 43.9 Å². The molecule has 3 atom stereocenters. The van der Waals surface area contributed by atoms with Crippen molar-refractivity contribution in [3.05, 3.63) is 106 Å². The van der Waals surface area contributed by atoms with Gasteiger partial charge in [0.2, 0.25) is 5.91 Å². The van der Waals surface area contributed by atoms with Crippen molar-refractivity contribution in [3.63, 3.8) is 0 Å². The Morgan fingerprint density at radius 2 is 1.60 bits per heavy atom. The highest BCUT2D eigenvalue weighted by molar-refractivity contribution is 7.80. The molecule has 7 heteroatoms. The van der Waals surface area contributed by atoms with Crippen molar-refractivity contribution in [1.82, 2.24) is 5.32 Å². The molecule has 0 bridgehead atoms. The standard InChI is InChI=1S/C28H31ClN2O3S/c1-3-19(2)20-13-15-22(16-14-20)28(21-9-5-4-6-10-21,23-11-7-8-12-24(23)29)34-27(33)25(18-35)31-26(32)17-30/h4-16,19,25,35H,3,17-18,30H2,1-2H3,(H,31,32). The third-order valence-corrected chi connectivity index (χ3v) is 6.87. The number of carbonyl (C=O) groups excluding carboxylic acids is 2. The monoisotopic (exact) mass is 510 g/mol. The number of amides is 1. The predicted molar refractivity (Wildman–Crippen MR) is 144 cm³/mol. The Morgan fingerprint density at radius 1 is 1.00 bits per heavy atom. The fraction of sp³-hybridized carbons (Fsp3) is 0.286. The van der Waals surface area contributed by atoms with Gasteiger partial charge in [-0.15, -0.1) is 0 Å². The summed E-state index contributed by atoms with van der Waals surface area (Å²) in [5.74, 6) is -0.679. The molecule has 0 saturated carbocycles. The van der Waals surface area contributed by atoms with E-state index in [4.69, 9.17) is 22.1 Å². The van der Waals surface area contributed by atoms with Gasteiger partial charge in [-0.25, -0.2) is 4.79 Å². The summed E-state index contributed by atoms with van der Waals surface area (Å²) in [6, 6.07) is 23.8.